The van der Waals surface area contributed by atoms with Crippen LogP contribution in [0.2, 0.25) is 5.02 Å². The number of pyridine rings is 2. The zero-order chi connectivity index (χ0) is 9.97. The summed E-state index contributed by atoms with van der Waals surface area (Å²) in [6.07, 6.45) is 6.36. The largest absolute Gasteiger partial charge is 0.366 e. The minimum absolute atomic E-state index is 0.170. The molecule has 0 fully saturated rings. The number of halogens is 1. The highest BCUT2D eigenvalue weighted by molar-refractivity contribution is 6.30. The number of aromatic nitrogens is 2. The third-order valence-electron chi connectivity index (χ3n) is 1.89. The maximum atomic E-state index is 11.6. The second-order valence-corrected chi connectivity index (χ2v) is 3.19. The molecule has 0 saturated carbocycles. The van der Waals surface area contributed by atoms with Gasteiger partial charge < -0.3 is 4.98 Å². The molecule has 1 N–H and O–H groups in total. The number of nitrogens with one attached hydrogen (secondary N) is 1. The molecule has 0 atom stereocenters. The fourth-order valence-electron chi connectivity index (χ4n) is 1.20. The molecular weight excluding hydrogens is 200 g/mol. The van der Waals surface area contributed by atoms with Crippen LogP contribution in [0, 0.1) is 0 Å². The molecule has 0 aromatic carbocycles. The van der Waals surface area contributed by atoms with Crippen molar-refractivity contribution >= 4 is 11.6 Å². The molecule has 2 heterocycles. The van der Waals surface area contributed by atoms with E-state index in [1.807, 2.05) is 0 Å². The van der Waals surface area contributed by atoms with Crippen LogP contribution in [0.5, 0.6) is 0 Å². The van der Waals surface area contributed by atoms with Crippen molar-refractivity contribution in [1.82, 2.24) is 9.97 Å². The summed E-state index contributed by atoms with van der Waals surface area (Å²) in [5, 5.41) is 0.194. The molecule has 0 aliphatic rings. The highest BCUT2D eigenvalue weighted by Crippen LogP contribution is 2.14. The van der Waals surface area contributed by atoms with Gasteiger partial charge in [0, 0.05) is 30.4 Å². The van der Waals surface area contributed by atoms with E-state index >= 15 is 0 Å². The average molecular weight is 207 g/mol. The van der Waals surface area contributed by atoms with Gasteiger partial charge in [0.1, 0.15) is 5.02 Å². The molecule has 0 bridgehead atoms. The van der Waals surface area contributed by atoms with Crippen molar-refractivity contribution < 1.29 is 0 Å². The van der Waals surface area contributed by atoms with Gasteiger partial charge in [-0.1, -0.05) is 11.6 Å². The second-order valence-electron chi connectivity index (χ2n) is 2.78. The van der Waals surface area contributed by atoms with Crippen LogP contribution in [0.15, 0.2) is 41.7 Å². The van der Waals surface area contributed by atoms with Crippen LogP contribution in [0.4, 0.5) is 0 Å². The van der Waals surface area contributed by atoms with Crippen LogP contribution >= 0.6 is 11.6 Å². The monoisotopic (exact) mass is 206 g/mol. The van der Waals surface area contributed by atoms with Crippen LogP contribution in [0.25, 0.3) is 11.1 Å². The average Bonchev–Trinajstić information content (AvgIpc) is 2.23. The highest BCUT2D eigenvalue weighted by atomic mass is 35.5. The van der Waals surface area contributed by atoms with Gasteiger partial charge in [0.15, 0.2) is 0 Å². The van der Waals surface area contributed by atoms with Crippen molar-refractivity contribution in [2.45, 2.75) is 0 Å². The number of aromatic amines is 1. The summed E-state index contributed by atoms with van der Waals surface area (Å²) in [5.74, 6) is 0. The van der Waals surface area contributed by atoms with E-state index in [9.17, 15) is 4.79 Å². The maximum Gasteiger partial charge on any atom is 0.207 e. The van der Waals surface area contributed by atoms with Gasteiger partial charge in [-0.2, -0.15) is 0 Å². The summed E-state index contributed by atoms with van der Waals surface area (Å²) in [6, 6.07) is 3.53. The Balaban J connectivity index is 2.64. The Kier molecular flexibility index (Phi) is 2.33. The normalized spacial score (nSPS) is 10.1. The Labute approximate surface area is 85.4 Å². The third-order valence-corrected chi connectivity index (χ3v) is 2.17. The van der Waals surface area contributed by atoms with Crippen molar-refractivity contribution in [1.29, 1.82) is 0 Å². The van der Waals surface area contributed by atoms with Crippen LogP contribution in [0.3, 0.4) is 0 Å². The number of hydrogen-bond donors (Lipinski definition) is 1. The van der Waals surface area contributed by atoms with Gasteiger partial charge in [0.2, 0.25) is 5.43 Å². The molecule has 70 valence electrons. The molecule has 14 heavy (non-hydrogen) atoms. The zero-order valence-corrected chi connectivity index (χ0v) is 7.95. The molecule has 3 nitrogen and oxygen atoms in total. The van der Waals surface area contributed by atoms with Crippen molar-refractivity contribution in [3.63, 3.8) is 0 Å². The molecule has 0 radical (unpaired) electrons. The van der Waals surface area contributed by atoms with Gasteiger partial charge in [-0.15, -0.1) is 0 Å². The van der Waals surface area contributed by atoms with Gasteiger partial charge in [0.05, 0.1) is 0 Å². The summed E-state index contributed by atoms with van der Waals surface area (Å²) >= 11 is 5.70. The van der Waals surface area contributed by atoms with Gasteiger partial charge in [-0.3, -0.25) is 9.78 Å². The quantitative estimate of drug-likeness (QED) is 0.777. The Morgan fingerprint density at radius 3 is 2.64 bits per heavy atom. The van der Waals surface area contributed by atoms with E-state index < -0.39 is 0 Å². The zero-order valence-electron chi connectivity index (χ0n) is 7.20. The molecule has 4 heteroatoms. The number of hydrogen-bond acceptors (Lipinski definition) is 2. The first kappa shape index (κ1) is 8.97. The van der Waals surface area contributed by atoms with Crippen molar-refractivity contribution in [2.75, 3.05) is 0 Å². The van der Waals surface area contributed by atoms with E-state index in [1.165, 1.54) is 6.20 Å². The van der Waals surface area contributed by atoms with Crippen molar-refractivity contribution in [3.05, 3.63) is 52.2 Å². The van der Waals surface area contributed by atoms with Crippen LogP contribution in [-0.2, 0) is 0 Å². The summed E-state index contributed by atoms with van der Waals surface area (Å²) in [7, 11) is 0. The fourth-order valence-corrected chi connectivity index (χ4v) is 1.37. The summed E-state index contributed by atoms with van der Waals surface area (Å²) in [4.78, 5) is 18.3. The lowest BCUT2D eigenvalue weighted by Gasteiger charge is -1.99. The first-order valence-corrected chi connectivity index (χ1v) is 4.44. The molecule has 0 saturated heterocycles. The summed E-state index contributed by atoms with van der Waals surface area (Å²) in [5.41, 5.74) is 1.19. The summed E-state index contributed by atoms with van der Waals surface area (Å²) in [6.45, 7) is 0. The molecule has 0 aliphatic heterocycles. The molecule has 2 rings (SSSR count). The van der Waals surface area contributed by atoms with E-state index in [-0.39, 0.29) is 10.5 Å². The van der Waals surface area contributed by atoms with Crippen LogP contribution in [-0.4, -0.2) is 9.97 Å². The van der Waals surface area contributed by atoms with E-state index in [2.05, 4.69) is 9.97 Å². The standard InChI is InChI=1S/C10H7ClN2O/c11-9-6-13-5-8(10(9)14)7-1-3-12-4-2-7/h1-6H,(H,13,14). The Morgan fingerprint density at radius 1 is 1.21 bits per heavy atom. The Bertz CT molecular complexity index is 493. The minimum Gasteiger partial charge on any atom is -0.366 e. The molecule has 2 aromatic heterocycles. The predicted octanol–water partition coefficient (Wildman–Crippen LogP) is 2.09. The van der Waals surface area contributed by atoms with Crippen LogP contribution in [0.1, 0.15) is 0 Å². The molecule has 0 aliphatic carbocycles. The first-order valence-electron chi connectivity index (χ1n) is 4.06. The molecular formula is C10H7ClN2O. The SMILES string of the molecule is O=c1c(Cl)c[nH]cc1-c1ccncc1. The fraction of sp³-hybridized carbons (Fsp3) is 0. The van der Waals surface area contributed by atoms with Crippen LogP contribution < -0.4 is 5.43 Å². The first-order chi connectivity index (χ1) is 6.79. The third kappa shape index (κ3) is 1.54. The minimum atomic E-state index is -0.170. The number of H-pyrrole nitrogens is 1. The van der Waals surface area contributed by atoms with Gasteiger partial charge in [0.25, 0.3) is 0 Å². The predicted molar refractivity (Wildman–Crippen MR) is 55.3 cm³/mol. The smallest absolute Gasteiger partial charge is 0.207 e. The van der Waals surface area contributed by atoms with Crippen molar-refractivity contribution in [3.8, 4) is 11.1 Å². The van der Waals surface area contributed by atoms with E-state index in [0.717, 1.165) is 5.56 Å². The number of rotatable bonds is 1. The number of nitrogens with zero attached hydrogens (tertiary/aromatic N) is 1. The molecule has 0 amide bonds. The van der Waals surface area contributed by atoms with Gasteiger partial charge in [-0.05, 0) is 17.7 Å². The lowest BCUT2D eigenvalue weighted by atomic mass is 10.1. The van der Waals surface area contributed by atoms with Gasteiger partial charge >= 0.3 is 0 Å². The Hall–Kier alpha value is -1.61. The maximum absolute atomic E-state index is 11.6. The van der Waals surface area contributed by atoms with Gasteiger partial charge in [-0.25, -0.2) is 0 Å². The topological polar surface area (TPSA) is 45.8 Å². The van der Waals surface area contributed by atoms with E-state index in [4.69, 9.17) is 11.6 Å². The van der Waals surface area contributed by atoms with E-state index in [0.29, 0.717) is 5.56 Å². The lowest BCUT2D eigenvalue weighted by Crippen LogP contribution is -2.05. The van der Waals surface area contributed by atoms with E-state index in [1.54, 1.807) is 30.7 Å². The second kappa shape index (κ2) is 3.64. The molecule has 2 aromatic rings. The summed E-state index contributed by atoms with van der Waals surface area (Å²) < 4.78 is 0. The van der Waals surface area contributed by atoms with Crippen molar-refractivity contribution in [2.24, 2.45) is 0 Å². The molecule has 0 unspecified atom stereocenters. The Morgan fingerprint density at radius 2 is 1.93 bits per heavy atom. The molecule has 0 spiro atoms. The lowest BCUT2D eigenvalue weighted by molar-refractivity contribution is 1.29. The highest BCUT2D eigenvalue weighted by Gasteiger charge is 2.04.